The molecule has 0 aromatic rings. The highest BCUT2D eigenvalue weighted by Gasteiger charge is 2.34. The van der Waals surface area contributed by atoms with Crippen LogP contribution in [0.15, 0.2) is 0 Å². The molecule has 0 aromatic heterocycles. The third-order valence-electron chi connectivity index (χ3n) is 3.03. The Bertz CT molecular complexity index is 376. The number of ether oxygens (including phenoxy) is 2. The lowest BCUT2D eigenvalue weighted by molar-refractivity contribution is -0.143. The monoisotopic (exact) mass is 293 g/mol. The second-order valence-corrected chi connectivity index (χ2v) is 6.71. The summed E-state index contributed by atoms with van der Waals surface area (Å²) in [5.41, 5.74) is 0. The molecule has 0 aromatic carbocycles. The maximum absolute atomic E-state index is 12.5. The Balaban J connectivity index is 2.74. The van der Waals surface area contributed by atoms with Crippen LogP contribution in [-0.2, 0) is 24.3 Å². The molecule has 1 heterocycles. The van der Waals surface area contributed by atoms with Gasteiger partial charge in [0.1, 0.15) is 6.54 Å². The van der Waals surface area contributed by atoms with E-state index < -0.39 is 21.2 Å². The number of hydrogen-bond acceptors (Lipinski definition) is 5. The quantitative estimate of drug-likeness (QED) is 0.648. The van der Waals surface area contributed by atoms with Crippen LogP contribution in [0, 0.1) is 0 Å². The maximum atomic E-state index is 12.5. The van der Waals surface area contributed by atoms with E-state index in [0.717, 1.165) is 0 Å². The van der Waals surface area contributed by atoms with Crippen molar-refractivity contribution in [3.8, 4) is 0 Å². The lowest BCUT2D eigenvalue weighted by atomic mass is 10.2. The molecule has 1 fully saturated rings. The van der Waals surface area contributed by atoms with Crippen LogP contribution in [0.25, 0.3) is 0 Å². The Labute approximate surface area is 115 Å². The van der Waals surface area contributed by atoms with E-state index in [0.29, 0.717) is 39.0 Å². The van der Waals surface area contributed by atoms with Gasteiger partial charge >= 0.3 is 5.97 Å². The molecule has 0 N–H and O–H groups in total. The van der Waals surface area contributed by atoms with Crippen molar-refractivity contribution in [3.63, 3.8) is 0 Å². The third kappa shape index (κ3) is 4.74. The minimum atomic E-state index is -3.45. The minimum Gasteiger partial charge on any atom is -0.465 e. The van der Waals surface area contributed by atoms with Gasteiger partial charge in [-0.3, -0.25) is 4.79 Å². The second-order valence-electron chi connectivity index (χ2n) is 4.50. The number of esters is 1. The van der Waals surface area contributed by atoms with Gasteiger partial charge in [0, 0.05) is 19.8 Å². The number of nitrogens with zero attached hydrogens (tertiary/aromatic N) is 1. The molecule has 0 saturated carbocycles. The molecular weight excluding hydrogens is 270 g/mol. The molecule has 0 unspecified atom stereocenters. The fraction of sp³-hybridized carbons (Fsp3) is 0.917. The average molecular weight is 293 g/mol. The summed E-state index contributed by atoms with van der Waals surface area (Å²) in [6.45, 7) is 4.93. The summed E-state index contributed by atoms with van der Waals surface area (Å²) < 4.78 is 36.2. The van der Waals surface area contributed by atoms with Crippen molar-refractivity contribution in [2.45, 2.75) is 38.4 Å². The first-order valence-electron chi connectivity index (χ1n) is 6.74. The molecule has 0 bridgehead atoms. The fourth-order valence-corrected chi connectivity index (χ4v) is 4.01. The first-order chi connectivity index (χ1) is 9.02. The number of rotatable bonds is 7. The summed E-state index contributed by atoms with van der Waals surface area (Å²) in [5, 5.41) is -0.442. The first kappa shape index (κ1) is 16.4. The van der Waals surface area contributed by atoms with E-state index >= 15 is 0 Å². The molecule has 7 heteroatoms. The van der Waals surface area contributed by atoms with Crippen LogP contribution in [-0.4, -0.2) is 56.9 Å². The van der Waals surface area contributed by atoms with Crippen LogP contribution < -0.4 is 0 Å². The zero-order valence-electron chi connectivity index (χ0n) is 11.6. The molecule has 112 valence electrons. The lowest BCUT2D eigenvalue weighted by Gasteiger charge is -2.28. The maximum Gasteiger partial charge on any atom is 0.321 e. The molecule has 0 amide bonds. The van der Waals surface area contributed by atoms with E-state index in [9.17, 15) is 13.2 Å². The largest absolute Gasteiger partial charge is 0.465 e. The second kappa shape index (κ2) is 7.81. The van der Waals surface area contributed by atoms with Crippen LogP contribution in [0.2, 0.25) is 0 Å². The van der Waals surface area contributed by atoms with Gasteiger partial charge in [0.15, 0.2) is 0 Å². The van der Waals surface area contributed by atoms with Gasteiger partial charge in [-0.2, -0.15) is 4.31 Å². The molecule has 1 aliphatic rings. The fourth-order valence-electron chi connectivity index (χ4n) is 2.08. The van der Waals surface area contributed by atoms with Crippen LogP contribution in [0.5, 0.6) is 0 Å². The Kier molecular flexibility index (Phi) is 6.74. The normalized spacial score (nSPS) is 17.6. The number of sulfonamides is 1. The van der Waals surface area contributed by atoms with Crippen molar-refractivity contribution >= 4 is 16.0 Å². The molecule has 0 aliphatic carbocycles. The van der Waals surface area contributed by atoms with Gasteiger partial charge in [0.2, 0.25) is 10.0 Å². The Morgan fingerprint density at radius 1 is 1.32 bits per heavy atom. The van der Waals surface area contributed by atoms with Crippen molar-refractivity contribution in [3.05, 3.63) is 0 Å². The zero-order chi connectivity index (χ0) is 14.3. The average Bonchev–Trinajstić information content (AvgIpc) is 2.39. The lowest BCUT2D eigenvalue weighted by Crippen LogP contribution is -2.44. The number of carbonyl (C=O) groups excluding carboxylic acids is 1. The summed E-state index contributed by atoms with van der Waals surface area (Å²) in [5.74, 6) is -0.494. The van der Waals surface area contributed by atoms with Gasteiger partial charge in [0.25, 0.3) is 0 Å². The smallest absolute Gasteiger partial charge is 0.321 e. The van der Waals surface area contributed by atoms with E-state index in [-0.39, 0.29) is 13.2 Å². The SMILES string of the molecule is CCCN(CC(=O)OCC)S(=O)(=O)C1CCOCC1. The van der Waals surface area contributed by atoms with E-state index in [1.807, 2.05) is 6.92 Å². The van der Waals surface area contributed by atoms with Crippen molar-refractivity contribution in [1.82, 2.24) is 4.31 Å². The molecule has 1 rings (SSSR count). The first-order valence-corrected chi connectivity index (χ1v) is 8.25. The number of carbonyl (C=O) groups is 1. The molecule has 1 saturated heterocycles. The van der Waals surface area contributed by atoms with Crippen molar-refractivity contribution in [1.29, 1.82) is 0 Å². The molecule has 1 aliphatic heterocycles. The summed E-state index contributed by atoms with van der Waals surface area (Å²) >= 11 is 0. The highest BCUT2D eigenvalue weighted by molar-refractivity contribution is 7.89. The van der Waals surface area contributed by atoms with Gasteiger partial charge in [-0.25, -0.2) is 8.42 Å². The highest BCUT2D eigenvalue weighted by atomic mass is 32.2. The Morgan fingerprint density at radius 2 is 1.95 bits per heavy atom. The van der Waals surface area contributed by atoms with Gasteiger partial charge < -0.3 is 9.47 Å². The van der Waals surface area contributed by atoms with E-state index in [1.165, 1.54) is 4.31 Å². The van der Waals surface area contributed by atoms with Gasteiger partial charge in [-0.15, -0.1) is 0 Å². The minimum absolute atomic E-state index is 0.193. The highest BCUT2D eigenvalue weighted by Crippen LogP contribution is 2.20. The Hall–Kier alpha value is -0.660. The van der Waals surface area contributed by atoms with Gasteiger partial charge in [-0.1, -0.05) is 6.92 Å². The van der Waals surface area contributed by atoms with Crippen molar-refractivity contribution < 1.29 is 22.7 Å². The van der Waals surface area contributed by atoms with E-state index in [1.54, 1.807) is 6.92 Å². The molecular formula is C12H23NO5S. The molecule has 0 atom stereocenters. The van der Waals surface area contributed by atoms with Crippen LogP contribution in [0.4, 0.5) is 0 Å². The van der Waals surface area contributed by atoms with Crippen LogP contribution in [0.1, 0.15) is 33.1 Å². The van der Waals surface area contributed by atoms with E-state index in [4.69, 9.17) is 9.47 Å². The topological polar surface area (TPSA) is 72.9 Å². The van der Waals surface area contributed by atoms with E-state index in [2.05, 4.69) is 0 Å². The summed E-state index contributed by atoms with van der Waals surface area (Å²) in [6.07, 6.45) is 1.65. The van der Waals surface area contributed by atoms with Gasteiger partial charge in [-0.05, 0) is 26.2 Å². The molecule has 0 radical (unpaired) electrons. The molecule has 6 nitrogen and oxygen atoms in total. The third-order valence-corrected chi connectivity index (χ3v) is 5.38. The molecule has 19 heavy (non-hydrogen) atoms. The summed E-state index contributed by atoms with van der Waals surface area (Å²) in [4.78, 5) is 11.5. The zero-order valence-corrected chi connectivity index (χ0v) is 12.4. The standard InChI is InChI=1S/C12H23NO5S/c1-3-7-13(10-12(14)18-4-2)19(15,16)11-5-8-17-9-6-11/h11H,3-10H2,1-2H3. The van der Waals surface area contributed by atoms with Gasteiger partial charge in [0.05, 0.1) is 11.9 Å². The van der Waals surface area contributed by atoms with Crippen LogP contribution in [0.3, 0.4) is 0 Å². The Morgan fingerprint density at radius 3 is 2.47 bits per heavy atom. The summed E-state index contributed by atoms with van der Waals surface area (Å²) in [6, 6.07) is 0. The van der Waals surface area contributed by atoms with Crippen molar-refractivity contribution in [2.75, 3.05) is 32.9 Å². The molecule has 0 spiro atoms. The predicted octanol–water partition coefficient (Wildman–Crippen LogP) is 0.770. The number of hydrogen-bond donors (Lipinski definition) is 0. The summed E-state index contributed by atoms with van der Waals surface area (Å²) in [7, 11) is -3.45. The predicted molar refractivity (Wildman–Crippen MR) is 71.3 cm³/mol. The van der Waals surface area contributed by atoms with Crippen molar-refractivity contribution in [2.24, 2.45) is 0 Å². The van der Waals surface area contributed by atoms with Crippen LogP contribution >= 0.6 is 0 Å².